The highest BCUT2D eigenvalue weighted by Gasteiger charge is 2.33. The number of nitrogens with one attached hydrogen (secondary N) is 1. The lowest BCUT2D eigenvalue weighted by molar-refractivity contribution is 0.301. The molecule has 0 saturated carbocycles. The third-order valence-electron chi connectivity index (χ3n) is 5.92. The minimum absolute atomic E-state index is 0.512. The Morgan fingerprint density at radius 3 is 2.92 bits per heavy atom. The standard InChI is InChI=1S/C23H25N3/c1-15-6-9-21-19(12-15)23-20-5-3-4-18(25-20)13-22(23)26(21)11-10-17-8-7-16(2)24-14-17/h6-12,14,18,20,25H,3-5,13H2,1-2H3/t18-,20+/m0/s1. The maximum atomic E-state index is 4.42. The first kappa shape index (κ1) is 15.8. The van der Waals surface area contributed by atoms with Crippen LogP contribution in [-0.2, 0) is 6.42 Å². The molecule has 3 aromatic rings. The second-order valence-corrected chi connectivity index (χ2v) is 7.85. The zero-order chi connectivity index (χ0) is 17.7. The Labute approximate surface area is 154 Å². The van der Waals surface area contributed by atoms with Crippen LogP contribution in [0.4, 0.5) is 0 Å². The molecule has 26 heavy (non-hydrogen) atoms. The fourth-order valence-corrected chi connectivity index (χ4v) is 4.65. The van der Waals surface area contributed by atoms with E-state index in [1.165, 1.54) is 47.0 Å². The van der Waals surface area contributed by atoms with Crippen LogP contribution in [0.2, 0.25) is 0 Å². The average molecular weight is 343 g/mol. The van der Waals surface area contributed by atoms with Crippen molar-refractivity contribution >= 4 is 23.2 Å². The summed E-state index contributed by atoms with van der Waals surface area (Å²) >= 11 is 0. The summed E-state index contributed by atoms with van der Waals surface area (Å²) in [6.07, 6.45) is 11.4. The molecule has 0 spiro atoms. The van der Waals surface area contributed by atoms with Crippen molar-refractivity contribution in [2.45, 2.75) is 51.6 Å². The van der Waals surface area contributed by atoms with Crippen molar-refractivity contribution in [1.29, 1.82) is 0 Å². The molecule has 1 saturated heterocycles. The summed E-state index contributed by atoms with van der Waals surface area (Å²) in [6.45, 7) is 4.22. The summed E-state index contributed by atoms with van der Waals surface area (Å²) in [5.41, 5.74) is 7.89. The summed E-state index contributed by atoms with van der Waals surface area (Å²) < 4.78 is 2.43. The molecule has 1 aromatic carbocycles. The van der Waals surface area contributed by atoms with E-state index in [4.69, 9.17) is 0 Å². The SMILES string of the molecule is Cc1ccc2c(c1)c1c(n2C=Cc2ccc(C)nc2)C[C@@H]2CCC[C@H]1N2. The fourth-order valence-electron chi connectivity index (χ4n) is 4.65. The smallest absolute Gasteiger partial charge is 0.0529 e. The molecule has 1 N–H and O–H groups in total. The Morgan fingerprint density at radius 2 is 2.08 bits per heavy atom. The summed E-state index contributed by atoms with van der Waals surface area (Å²) in [4.78, 5) is 4.42. The molecule has 2 aromatic heterocycles. The summed E-state index contributed by atoms with van der Waals surface area (Å²) in [7, 11) is 0. The highest BCUT2D eigenvalue weighted by atomic mass is 15.0. The maximum absolute atomic E-state index is 4.42. The van der Waals surface area contributed by atoms with Crippen molar-refractivity contribution in [3.8, 4) is 0 Å². The molecule has 2 aliphatic heterocycles. The molecule has 2 aliphatic rings. The molecule has 3 heteroatoms. The van der Waals surface area contributed by atoms with Gasteiger partial charge in [-0.05, 0) is 68.5 Å². The molecule has 4 heterocycles. The van der Waals surface area contributed by atoms with Gasteiger partial charge in [-0.15, -0.1) is 0 Å². The van der Waals surface area contributed by atoms with Crippen LogP contribution < -0.4 is 5.32 Å². The predicted octanol–water partition coefficient (Wildman–Crippen LogP) is 5.02. The number of rotatable bonds is 2. The predicted molar refractivity (Wildman–Crippen MR) is 108 cm³/mol. The van der Waals surface area contributed by atoms with Gasteiger partial charge in [0.05, 0.1) is 5.52 Å². The Bertz CT molecular complexity index is 994. The minimum Gasteiger partial charge on any atom is -0.320 e. The van der Waals surface area contributed by atoms with E-state index in [2.05, 4.69) is 64.4 Å². The van der Waals surface area contributed by atoms with Crippen LogP contribution in [0, 0.1) is 13.8 Å². The van der Waals surface area contributed by atoms with Gasteiger partial charge in [0.1, 0.15) is 0 Å². The monoisotopic (exact) mass is 343 g/mol. The van der Waals surface area contributed by atoms with Crippen LogP contribution in [0.1, 0.15) is 53.4 Å². The average Bonchev–Trinajstić information content (AvgIpc) is 2.94. The number of pyridine rings is 1. The Hall–Kier alpha value is -2.39. The van der Waals surface area contributed by atoms with Gasteiger partial charge in [-0.1, -0.05) is 17.7 Å². The van der Waals surface area contributed by atoms with Crippen LogP contribution in [0.3, 0.4) is 0 Å². The van der Waals surface area contributed by atoms with Gasteiger partial charge in [-0.3, -0.25) is 4.98 Å². The first-order valence-electron chi connectivity index (χ1n) is 9.69. The van der Waals surface area contributed by atoms with Crippen LogP contribution in [0.15, 0.2) is 36.5 Å². The van der Waals surface area contributed by atoms with Crippen LogP contribution >= 0.6 is 0 Å². The van der Waals surface area contributed by atoms with Crippen molar-refractivity contribution < 1.29 is 0 Å². The van der Waals surface area contributed by atoms with E-state index < -0.39 is 0 Å². The quantitative estimate of drug-likeness (QED) is 0.708. The van der Waals surface area contributed by atoms with E-state index in [-0.39, 0.29) is 0 Å². The molecule has 0 radical (unpaired) electrons. The maximum Gasteiger partial charge on any atom is 0.0529 e. The van der Waals surface area contributed by atoms with Gasteiger partial charge in [-0.25, -0.2) is 0 Å². The van der Waals surface area contributed by atoms with E-state index in [1.807, 2.05) is 13.1 Å². The Kier molecular flexibility index (Phi) is 3.71. The highest BCUT2D eigenvalue weighted by Crippen LogP contribution is 2.41. The van der Waals surface area contributed by atoms with Crippen LogP contribution in [-0.4, -0.2) is 15.6 Å². The lowest BCUT2D eigenvalue weighted by atomic mass is 9.84. The summed E-state index contributed by atoms with van der Waals surface area (Å²) in [6, 6.07) is 12.2. The normalized spacial score (nSPS) is 22.1. The van der Waals surface area contributed by atoms with Gasteiger partial charge >= 0.3 is 0 Å². The fraction of sp³-hybridized carbons (Fsp3) is 0.348. The molecule has 3 nitrogen and oxygen atoms in total. The topological polar surface area (TPSA) is 29.9 Å². The van der Waals surface area contributed by atoms with Gasteiger partial charge in [0, 0.05) is 47.7 Å². The van der Waals surface area contributed by atoms with Gasteiger partial charge in [0.15, 0.2) is 0 Å². The van der Waals surface area contributed by atoms with E-state index >= 15 is 0 Å². The number of aryl methyl sites for hydroxylation is 2. The first-order valence-corrected chi connectivity index (χ1v) is 9.69. The largest absolute Gasteiger partial charge is 0.320 e. The summed E-state index contributed by atoms with van der Waals surface area (Å²) in [5.74, 6) is 0. The van der Waals surface area contributed by atoms with Crippen molar-refractivity contribution in [2.75, 3.05) is 0 Å². The van der Waals surface area contributed by atoms with Crippen molar-refractivity contribution in [3.05, 3.63) is 64.6 Å². The highest BCUT2D eigenvalue weighted by molar-refractivity contribution is 5.90. The molecular weight excluding hydrogens is 318 g/mol. The lowest BCUT2D eigenvalue weighted by Gasteiger charge is -2.36. The van der Waals surface area contributed by atoms with Gasteiger partial charge in [0.2, 0.25) is 0 Å². The van der Waals surface area contributed by atoms with E-state index in [0.29, 0.717) is 12.1 Å². The molecule has 0 amide bonds. The lowest BCUT2D eigenvalue weighted by Crippen LogP contribution is -2.42. The van der Waals surface area contributed by atoms with E-state index in [0.717, 1.165) is 17.7 Å². The Balaban J connectivity index is 1.67. The number of hydrogen-bond acceptors (Lipinski definition) is 2. The minimum atomic E-state index is 0.512. The number of aromatic nitrogens is 2. The summed E-state index contributed by atoms with van der Waals surface area (Å²) in [5, 5.41) is 5.29. The second-order valence-electron chi connectivity index (χ2n) is 7.85. The number of nitrogens with zero attached hydrogens (tertiary/aromatic N) is 2. The second kappa shape index (κ2) is 6.10. The van der Waals surface area contributed by atoms with Crippen molar-refractivity contribution in [2.24, 2.45) is 0 Å². The molecule has 2 bridgehead atoms. The van der Waals surface area contributed by atoms with Gasteiger partial charge in [-0.2, -0.15) is 0 Å². The Morgan fingerprint density at radius 1 is 1.15 bits per heavy atom. The van der Waals surface area contributed by atoms with E-state index in [1.54, 1.807) is 0 Å². The van der Waals surface area contributed by atoms with Gasteiger partial charge < -0.3 is 9.88 Å². The number of fused-ring (bicyclic) bond motifs is 6. The number of hydrogen-bond donors (Lipinski definition) is 1. The third-order valence-corrected chi connectivity index (χ3v) is 5.92. The van der Waals surface area contributed by atoms with Gasteiger partial charge in [0.25, 0.3) is 0 Å². The third kappa shape index (κ3) is 2.58. The molecule has 0 unspecified atom stereocenters. The molecule has 2 atom stereocenters. The molecular formula is C23H25N3. The number of benzene rings is 1. The molecule has 1 fully saturated rings. The number of piperidine rings is 1. The van der Waals surface area contributed by atoms with E-state index in [9.17, 15) is 0 Å². The zero-order valence-electron chi connectivity index (χ0n) is 15.5. The van der Waals surface area contributed by atoms with Crippen LogP contribution in [0.5, 0.6) is 0 Å². The van der Waals surface area contributed by atoms with Crippen molar-refractivity contribution in [3.63, 3.8) is 0 Å². The zero-order valence-corrected chi connectivity index (χ0v) is 15.5. The molecule has 0 aliphatic carbocycles. The van der Waals surface area contributed by atoms with Crippen molar-refractivity contribution in [1.82, 2.24) is 14.9 Å². The molecule has 5 rings (SSSR count). The van der Waals surface area contributed by atoms with Crippen LogP contribution in [0.25, 0.3) is 23.2 Å². The molecule has 132 valence electrons. The first-order chi connectivity index (χ1) is 12.7.